The second-order valence-electron chi connectivity index (χ2n) is 4.54. The number of amides is 1. The van der Waals surface area contributed by atoms with Crippen LogP contribution in [0.4, 0.5) is 10.1 Å². The van der Waals surface area contributed by atoms with E-state index in [9.17, 15) is 14.0 Å². The number of carbonyl (C=O) groups excluding carboxylic acids is 2. The highest BCUT2D eigenvalue weighted by Crippen LogP contribution is 2.23. The maximum atomic E-state index is 13.0. The number of Topliss-reactive ketones (excluding diaryl/α,β-unsaturated/α-hetero) is 1. The summed E-state index contributed by atoms with van der Waals surface area (Å²) in [6.07, 6.45) is 0. The highest BCUT2D eigenvalue weighted by atomic mass is 35.5. The molecule has 4 nitrogen and oxygen atoms in total. The Morgan fingerprint density at radius 3 is 2.68 bits per heavy atom. The molecule has 0 aromatic heterocycles. The van der Waals surface area contributed by atoms with Crippen molar-refractivity contribution in [3.63, 3.8) is 0 Å². The SMILES string of the molecule is CC(=O)c1cc(Cl)ccc1OCC(=O)Nc1cccc(F)c1. The maximum absolute atomic E-state index is 13.0. The summed E-state index contributed by atoms with van der Waals surface area (Å²) >= 11 is 5.82. The summed E-state index contributed by atoms with van der Waals surface area (Å²) in [4.78, 5) is 23.3. The first-order valence-electron chi connectivity index (χ1n) is 6.44. The minimum absolute atomic E-state index is 0.219. The molecule has 1 amide bonds. The zero-order valence-electron chi connectivity index (χ0n) is 11.7. The van der Waals surface area contributed by atoms with E-state index in [0.717, 1.165) is 0 Å². The third-order valence-electron chi connectivity index (χ3n) is 2.79. The first kappa shape index (κ1) is 16.0. The van der Waals surface area contributed by atoms with Gasteiger partial charge in [0.05, 0.1) is 5.56 Å². The number of ether oxygens (including phenoxy) is 1. The summed E-state index contributed by atoms with van der Waals surface area (Å²) < 4.78 is 18.3. The molecule has 0 bridgehead atoms. The highest BCUT2D eigenvalue weighted by Gasteiger charge is 2.11. The van der Waals surface area contributed by atoms with Crippen LogP contribution in [-0.2, 0) is 4.79 Å². The molecular formula is C16H13ClFNO3. The van der Waals surface area contributed by atoms with Gasteiger partial charge in [-0.2, -0.15) is 0 Å². The van der Waals surface area contributed by atoms with Crippen LogP contribution in [-0.4, -0.2) is 18.3 Å². The number of rotatable bonds is 5. The van der Waals surface area contributed by atoms with Crippen LogP contribution in [0.3, 0.4) is 0 Å². The molecule has 6 heteroatoms. The molecule has 0 spiro atoms. The Kier molecular flexibility index (Phi) is 5.12. The molecule has 0 aliphatic carbocycles. The number of nitrogens with one attached hydrogen (secondary N) is 1. The van der Waals surface area contributed by atoms with Crippen LogP contribution in [0.2, 0.25) is 5.02 Å². The van der Waals surface area contributed by atoms with Gasteiger partial charge in [-0.1, -0.05) is 17.7 Å². The zero-order chi connectivity index (χ0) is 16.1. The standard InChI is InChI=1S/C16H13ClFNO3/c1-10(20)14-7-11(17)5-6-15(14)22-9-16(21)19-13-4-2-3-12(18)8-13/h2-8H,9H2,1H3,(H,19,21). The van der Waals surface area contributed by atoms with Crippen molar-refractivity contribution in [3.05, 3.63) is 58.9 Å². The fraction of sp³-hybridized carbons (Fsp3) is 0.125. The van der Waals surface area contributed by atoms with Crippen molar-refractivity contribution in [2.24, 2.45) is 0 Å². The van der Waals surface area contributed by atoms with Crippen molar-refractivity contribution < 1.29 is 18.7 Å². The molecule has 0 unspecified atom stereocenters. The Morgan fingerprint density at radius 2 is 2.00 bits per heavy atom. The minimum atomic E-state index is -0.463. The largest absolute Gasteiger partial charge is 0.483 e. The summed E-state index contributed by atoms with van der Waals surface area (Å²) in [5, 5.41) is 2.90. The molecule has 0 heterocycles. The highest BCUT2D eigenvalue weighted by molar-refractivity contribution is 6.31. The van der Waals surface area contributed by atoms with Crippen molar-refractivity contribution in [2.45, 2.75) is 6.92 Å². The van der Waals surface area contributed by atoms with Gasteiger partial charge >= 0.3 is 0 Å². The molecule has 0 atom stereocenters. The summed E-state index contributed by atoms with van der Waals surface area (Å²) in [5.74, 6) is -0.861. The predicted molar refractivity (Wildman–Crippen MR) is 82.0 cm³/mol. The molecular weight excluding hydrogens is 309 g/mol. The Morgan fingerprint density at radius 1 is 1.23 bits per heavy atom. The number of benzene rings is 2. The molecule has 1 N–H and O–H groups in total. The lowest BCUT2D eigenvalue weighted by atomic mass is 10.1. The molecule has 0 saturated heterocycles. The third-order valence-corrected chi connectivity index (χ3v) is 3.02. The predicted octanol–water partition coefficient (Wildman–Crippen LogP) is 3.70. The molecule has 0 aliphatic rings. The fourth-order valence-electron chi connectivity index (χ4n) is 1.81. The van der Waals surface area contributed by atoms with Gasteiger partial charge in [-0.05, 0) is 43.3 Å². The number of ketones is 1. The Balaban J connectivity index is 2.01. The van der Waals surface area contributed by atoms with E-state index in [2.05, 4.69) is 5.32 Å². The van der Waals surface area contributed by atoms with Crippen LogP contribution >= 0.6 is 11.6 Å². The van der Waals surface area contributed by atoms with Crippen LogP contribution in [0.25, 0.3) is 0 Å². The van der Waals surface area contributed by atoms with Gasteiger partial charge in [0, 0.05) is 10.7 Å². The van der Waals surface area contributed by atoms with E-state index in [1.807, 2.05) is 0 Å². The normalized spacial score (nSPS) is 10.1. The number of hydrogen-bond acceptors (Lipinski definition) is 3. The summed E-state index contributed by atoms with van der Waals surface area (Å²) in [6, 6.07) is 10.1. The molecule has 114 valence electrons. The van der Waals surface area contributed by atoms with E-state index < -0.39 is 11.7 Å². The van der Waals surface area contributed by atoms with E-state index in [1.165, 1.54) is 37.3 Å². The van der Waals surface area contributed by atoms with Crippen molar-refractivity contribution in [1.29, 1.82) is 0 Å². The minimum Gasteiger partial charge on any atom is -0.483 e. The van der Waals surface area contributed by atoms with Gasteiger partial charge in [-0.3, -0.25) is 9.59 Å². The molecule has 2 aromatic carbocycles. The maximum Gasteiger partial charge on any atom is 0.262 e. The van der Waals surface area contributed by atoms with E-state index >= 15 is 0 Å². The zero-order valence-corrected chi connectivity index (χ0v) is 12.5. The summed E-state index contributed by atoms with van der Waals surface area (Å²) in [6.45, 7) is 1.07. The van der Waals surface area contributed by atoms with Gasteiger partial charge in [0.1, 0.15) is 11.6 Å². The lowest BCUT2D eigenvalue weighted by molar-refractivity contribution is -0.118. The molecule has 2 aromatic rings. The lowest BCUT2D eigenvalue weighted by Crippen LogP contribution is -2.20. The molecule has 0 aliphatic heterocycles. The van der Waals surface area contributed by atoms with Crippen LogP contribution in [0.5, 0.6) is 5.75 Å². The van der Waals surface area contributed by atoms with Crippen LogP contribution < -0.4 is 10.1 Å². The first-order valence-corrected chi connectivity index (χ1v) is 6.82. The number of halogens is 2. The number of carbonyl (C=O) groups is 2. The number of anilines is 1. The first-order chi connectivity index (χ1) is 10.5. The summed E-state index contributed by atoms with van der Waals surface area (Å²) in [5.41, 5.74) is 0.627. The average Bonchev–Trinajstić information content (AvgIpc) is 2.45. The van der Waals surface area contributed by atoms with Gasteiger partial charge in [0.25, 0.3) is 5.91 Å². The quantitative estimate of drug-likeness (QED) is 0.854. The smallest absolute Gasteiger partial charge is 0.262 e. The molecule has 0 saturated carbocycles. The van der Waals surface area contributed by atoms with Crippen molar-refractivity contribution in [1.82, 2.24) is 0 Å². The van der Waals surface area contributed by atoms with Gasteiger partial charge in [0.2, 0.25) is 0 Å². The Bertz CT molecular complexity index is 718. The molecule has 22 heavy (non-hydrogen) atoms. The van der Waals surface area contributed by atoms with Crippen LogP contribution in [0.1, 0.15) is 17.3 Å². The monoisotopic (exact) mass is 321 g/mol. The van der Waals surface area contributed by atoms with Gasteiger partial charge in [0.15, 0.2) is 12.4 Å². The third kappa shape index (κ3) is 4.30. The fourth-order valence-corrected chi connectivity index (χ4v) is 1.98. The van der Waals surface area contributed by atoms with Crippen molar-refractivity contribution in [3.8, 4) is 5.75 Å². The second kappa shape index (κ2) is 7.04. The van der Waals surface area contributed by atoms with Gasteiger partial charge in [-0.25, -0.2) is 4.39 Å². The van der Waals surface area contributed by atoms with Crippen molar-refractivity contribution >= 4 is 29.0 Å². The van der Waals surface area contributed by atoms with Gasteiger partial charge < -0.3 is 10.1 Å². The second-order valence-corrected chi connectivity index (χ2v) is 4.98. The summed E-state index contributed by atoms with van der Waals surface area (Å²) in [7, 11) is 0. The molecule has 2 rings (SSSR count). The van der Waals surface area contributed by atoms with Crippen molar-refractivity contribution in [2.75, 3.05) is 11.9 Å². The molecule has 0 radical (unpaired) electrons. The van der Waals surface area contributed by atoms with Crippen LogP contribution in [0.15, 0.2) is 42.5 Å². The van der Waals surface area contributed by atoms with Gasteiger partial charge in [-0.15, -0.1) is 0 Å². The topological polar surface area (TPSA) is 55.4 Å². The van der Waals surface area contributed by atoms with Crippen LogP contribution in [0, 0.1) is 5.82 Å². The average molecular weight is 322 g/mol. The Labute approximate surface area is 131 Å². The van der Waals surface area contributed by atoms with E-state index in [0.29, 0.717) is 16.3 Å². The van der Waals surface area contributed by atoms with E-state index in [-0.39, 0.29) is 18.1 Å². The Hall–Kier alpha value is -2.40. The molecule has 0 fully saturated rings. The van der Waals surface area contributed by atoms with E-state index in [4.69, 9.17) is 16.3 Å². The van der Waals surface area contributed by atoms with E-state index in [1.54, 1.807) is 12.1 Å². The lowest BCUT2D eigenvalue weighted by Gasteiger charge is -2.10. The number of hydrogen-bond donors (Lipinski definition) is 1.